The third kappa shape index (κ3) is 3.80. The summed E-state index contributed by atoms with van der Waals surface area (Å²) in [6.07, 6.45) is 6.92. The monoisotopic (exact) mass is 318 g/mol. The second-order valence-corrected chi connectivity index (χ2v) is 7.46. The van der Waals surface area contributed by atoms with Gasteiger partial charge >= 0.3 is 0 Å². The Morgan fingerprint density at radius 2 is 2.30 bits per heavy atom. The Hall–Kier alpha value is -1.69. The van der Waals surface area contributed by atoms with Crippen LogP contribution in [0.4, 0.5) is 0 Å². The van der Waals surface area contributed by atoms with E-state index in [0.717, 1.165) is 18.7 Å². The predicted molar refractivity (Wildman–Crippen MR) is 86.8 cm³/mol. The molecule has 126 valence electrons. The highest BCUT2D eigenvalue weighted by Crippen LogP contribution is 2.25. The summed E-state index contributed by atoms with van der Waals surface area (Å²) in [5, 5.41) is 7.27. The summed E-state index contributed by atoms with van der Waals surface area (Å²) in [4.78, 5) is 18.9. The van der Waals surface area contributed by atoms with Crippen LogP contribution in [0.15, 0.2) is 12.2 Å². The third-order valence-electron chi connectivity index (χ3n) is 4.45. The van der Waals surface area contributed by atoms with E-state index in [4.69, 9.17) is 4.74 Å². The van der Waals surface area contributed by atoms with Gasteiger partial charge in [0.15, 0.2) is 11.6 Å². The molecule has 2 aliphatic rings. The van der Waals surface area contributed by atoms with E-state index in [-0.39, 0.29) is 17.4 Å². The minimum atomic E-state index is -0.213. The molecular weight excluding hydrogens is 292 g/mol. The van der Waals surface area contributed by atoms with Crippen LogP contribution in [0.1, 0.15) is 57.8 Å². The average Bonchev–Trinajstić information content (AvgIpc) is 3.18. The molecule has 1 amide bonds. The molecule has 0 aromatic carbocycles. The molecule has 0 unspecified atom stereocenters. The van der Waals surface area contributed by atoms with Crippen LogP contribution in [-0.4, -0.2) is 45.7 Å². The molecule has 23 heavy (non-hydrogen) atoms. The van der Waals surface area contributed by atoms with Crippen molar-refractivity contribution in [2.75, 3.05) is 19.7 Å². The van der Waals surface area contributed by atoms with Crippen LogP contribution in [0, 0.1) is 5.92 Å². The van der Waals surface area contributed by atoms with Gasteiger partial charge in [-0.05, 0) is 18.8 Å². The molecule has 0 bridgehead atoms. The first kappa shape index (κ1) is 16.2. The summed E-state index contributed by atoms with van der Waals surface area (Å²) >= 11 is 0. The van der Waals surface area contributed by atoms with E-state index in [1.807, 2.05) is 4.90 Å². The van der Waals surface area contributed by atoms with Gasteiger partial charge in [0.05, 0.1) is 13.2 Å². The molecule has 1 aromatic heterocycles. The Bertz CT molecular complexity index is 588. The van der Waals surface area contributed by atoms with E-state index in [2.05, 4.69) is 48.1 Å². The molecule has 1 aliphatic heterocycles. The van der Waals surface area contributed by atoms with Crippen molar-refractivity contribution in [1.82, 2.24) is 20.1 Å². The smallest absolute Gasteiger partial charge is 0.223 e. The number of allylic oxidation sites excluding steroid dienone is 2. The summed E-state index contributed by atoms with van der Waals surface area (Å²) in [6, 6.07) is 0. The van der Waals surface area contributed by atoms with E-state index in [1.54, 1.807) is 0 Å². The first-order chi connectivity index (χ1) is 10.9. The summed E-state index contributed by atoms with van der Waals surface area (Å²) in [7, 11) is 0. The third-order valence-corrected chi connectivity index (χ3v) is 4.45. The summed E-state index contributed by atoms with van der Waals surface area (Å²) < 4.78 is 5.80. The molecule has 0 spiro atoms. The Balaban J connectivity index is 1.62. The van der Waals surface area contributed by atoms with Crippen molar-refractivity contribution in [3.05, 3.63) is 23.8 Å². The first-order valence-electron chi connectivity index (χ1n) is 8.42. The van der Waals surface area contributed by atoms with Gasteiger partial charge in [0.1, 0.15) is 6.10 Å². The fourth-order valence-electron chi connectivity index (χ4n) is 3.01. The van der Waals surface area contributed by atoms with Crippen molar-refractivity contribution in [1.29, 1.82) is 0 Å². The van der Waals surface area contributed by atoms with Crippen LogP contribution in [0.5, 0.6) is 0 Å². The topological polar surface area (TPSA) is 71.1 Å². The number of carbonyl (C=O) groups excluding carboxylic acids is 1. The SMILES string of the molecule is CC(C)(C)c1n[nH]c([C@@H]2CN(C(=O)C[C@@H]3C=CCC3)CCO2)n1. The quantitative estimate of drug-likeness (QED) is 0.869. The number of H-pyrrole nitrogens is 1. The number of hydrogen-bond acceptors (Lipinski definition) is 4. The Labute approximate surface area is 137 Å². The lowest BCUT2D eigenvalue weighted by Crippen LogP contribution is -2.43. The van der Waals surface area contributed by atoms with Crippen LogP contribution >= 0.6 is 0 Å². The van der Waals surface area contributed by atoms with Crippen molar-refractivity contribution in [3.63, 3.8) is 0 Å². The van der Waals surface area contributed by atoms with Gasteiger partial charge in [0, 0.05) is 18.4 Å². The van der Waals surface area contributed by atoms with E-state index in [0.29, 0.717) is 37.9 Å². The van der Waals surface area contributed by atoms with Crippen LogP contribution < -0.4 is 0 Å². The van der Waals surface area contributed by atoms with E-state index in [1.165, 1.54) is 0 Å². The van der Waals surface area contributed by atoms with Crippen LogP contribution in [0.2, 0.25) is 0 Å². The van der Waals surface area contributed by atoms with E-state index in [9.17, 15) is 4.79 Å². The molecular formula is C17H26N4O2. The largest absolute Gasteiger partial charge is 0.367 e. The number of morpholine rings is 1. The zero-order valence-corrected chi connectivity index (χ0v) is 14.2. The zero-order valence-electron chi connectivity index (χ0n) is 14.2. The number of hydrogen-bond donors (Lipinski definition) is 1. The molecule has 2 heterocycles. The molecule has 0 saturated carbocycles. The number of aromatic nitrogens is 3. The molecule has 1 fully saturated rings. The van der Waals surface area contributed by atoms with Crippen molar-refractivity contribution in [2.24, 2.45) is 5.92 Å². The highest BCUT2D eigenvalue weighted by Gasteiger charge is 2.30. The van der Waals surface area contributed by atoms with Crippen LogP contribution in [-0.2, 0) is 14.9 Å². The normalized spacial score (nSPS) is 25.1. The minimum absolute atomic E-state index is 0.103. The van der Waals surface area contributed by atoms with Gasteiger partial charge in [-0.15, -0.1) is 0 Å². The highest BCUT2D eigenvalue weighted by atomic mass is 16.5. The fourth-order valence-corrected chi connectivity index (χ4v) is 3.01. The number of aromatic amines is 1. The molecule has 1 aromatic rings. The Morgan fingerprint density at radius 3 is 2.96 bits per heavy atom. The van der Waals surface area contributed by atoms with Crippen molar-refractivity contribution < 1.29 is 9.53 Å². The molecule has 0 radical (unpaired) electrons. The van der Waals surface area contributed by atoms with Crippen molar-refractivity contribution in [3.8, 4) is 0 Å². The summed E-state index contributed by atoms with van der Waals surface area (Å²) in [5.74, 6) is 2.11. The number of amides is 1. The molecule has 3 rings (SSSR count). The Kier molecular flexibility index (Phi) is 4.53. The fraction of sp³-hybridized carbons (Fsp3) is 0.706. The van der Waals surface area contributed by atoms with Gasteiger partial charge in [0.2, 0.25) is 5.91 Å². The molecule has 1 aliphatic carbocycles. The number of nitrogens with one attached hydrogen (secondary N) is 1. The maximum Gasteiger partial charge on any atom is 0.223 e. The summed E-state index contributed by atoms with van der Waals surface area (Å²) in [5.41, 5.74) is -0.103. The molecule has 6 nitrogen and oxygen atoms in total. The van der Waals surface area contributed by atoms with E-state index >= 15 is 0 Å². The van der Waals surface area contributed by atoms with Gasteiger partial charge in [0.25, 0.3) is 0 Å². The Morgan fingerprint density at radius 1 is 1.48 bits per heavy atom. The predicted octanol–water partition coefficient (Wildman–Crippen LogP) is 2.36. The minimum Gasteiger partial charge on any atom is -0.367 e. The number of ether oxygens (including phenoxy) is 1. The highest BCUT2D eigenvalue weighted by molar-refractivity contribution is 5.76. The lowest BCUT2D eigenvalue weighted by Gasteiger charge is -2.32. The second kappa shape index (κ2) is 6.43. The lowest BCUT2D eigenvalue weighted by molar-refractivity contribution is -0.140. The van der Waals surface area contributed by atoms with Crippen LogP contribution in [0.25, 0.3) is 0 Å². The van der Waals surface area contributed by atoms with Crippen LogP contribution in [0.3, 0.4) is 0 Å². The molecule has 1 saturated heterocycles. The number of rotatable bonds is 3. The maximum absolute atomic E-state index is 12.5. The van der Waals surface area contributed by atoms with Gasteiger partial charge in [-0.3, -0.25) is 9.89 Å². The molecule has 6 heteroatoms. The number of nitrogens with zero attached hydrogens (tertiary/aromatic N) is 3. The van der Waals surface area contributed by atoms with Gasteiger partial charge < -0.3 is 9.64 Å². The van der Waals surface area contributed by atoms with E-state index < -0.39 is 0 Å². The molecule has 1 N–H and O–H groups in total. The van der Waals surface area contributed by atoms with Crippen molar-refractivity contribution >= 4 is 5.91 Å². The lowest BCUT2D eigenvalue weighted by atomic mass is 9.96. The maximum atomic E-state index is 12.5. The molecule has 2 atom stereocenters. The van der Waals surface area contributed by atoms with Gasteiger partial charge in [-0.2, -0.15) is 5.10 Å². The standard InChI is InChI=1S/C17H26N4O2/c1-17(2,3)16-18-15(19-20-16)13-11-21(8-9-23-13)14(22)10-12-6-4-5-7-12/h4,6,12-13H,5,7-11H2,1-3H3,(H,18,19,20)/t12-,13+/m1/s1. The average molecular weight is 318 g/mol. The van der Waals surface area contributed by atoms with Gasteiger partial charge in [-0.1, -0.05) is 32.9 Å². The van der Waals surface area contributed by atoms with Gasteiger partial charge in [-0.25, -0.2) is 4.98 Å². The van der Waals surface area contributed by atoms with Crippen molar-refractivity contribution in [2.45, 2.75) is 51.6 Å². The number of carbonyl (C=O) groups is 1. The first-order valence-corrected chi connectivity index (χ1v) is 8.42. The zero-order chi connectivity index (χ0) is 16.4. The second-order valence-electron chi connectivity index (χ2n) is 7.46. The summed E-state index contributed by atoms with van der Waals surface area (Å²) in [6.45, 7) is 7.98.